The molecule has 0 aliphatic carbocycles. The molecule has 1 aromatic carbocycles. The Morgan fingerprint density at radius 2 is 2.08 bits per heavy atom. The second kappa shape index (κ2) is 7.55. The van der Waals surface area contributed by atoms with E-state index in [1.165, 1.54) is 0 Å². The predicted molar refractivity (Wildman–Crippen MR) is 94.8 cm³/mol. The van der Waals surface area contributed by atoms with Gasteiger partial charge in [-0.05, 0) is 37.5 Å². The van der Waals surface area contributed by atoms with E-state index in [1.807, 2.05) is 32.0 Å². The quantitative estimate of drug-likeness (QED) is 0.870. The first kappa shape index (κ1) is 17.9. The number of carbonyl (C=O) groups excluding carboxylic acids is 1. The number of carboxylic acid groups (broad SMARTS) is 1. The molecule has 1 fully saturated rings. The number of aliphatic carboxylic acids is 1. The number of hydrogen-bond acceptors (Lipinski definition) is 5. The summed E-state index contributed by atoms with van der Waals surface area (Å²) in [5.74, 6) is -0.110. The topological polar surface area (TPSA) is 109 Å². The lowest BCUT2D eigenvalue weighted by Gasteiger charge is -2.30. The Morgan fingerprint density at radius 1 is 1.35 bits per heavy atom. The first-order chi connectivity index (χ1) is 12.5. The van der Waals surface area contributed by atoms with Crippen molar-refractivity contribution in [3.63, 3.8) is 0 Å². The highest BCUT2D eigenvalue weighted by Crippen LogP contribution is 2.25. The molecule has 8 nitrogen and oxygen atoms in total. The molecule has 2 amide bonds. The summed E-state index contributed by atoms with van der Waals surface area (Å²) >= 11 is 0. The second-order valence-electron chi connectivity index (χ2n) is 6.43. The molecule has 138 valence electrons. The van der Waals surface area contributed by atoms with Crippen LogP contribution < -0.4 is 5.32 Å². The van der Waals surface area contributed by atoms with Crippen molar-refractivity contribution in [3.05, 3.63) is 29.6 Å². The number of hydrogen-bond donors (Lipinski definition) is 2. The molecule has 3 rings (SSSR count). The van der Waals surface area contributed by atoms with Gasteiger partial charge in [-0.1, -0.05) is 18.1 Å². The van der Waals surface area contributed by atoms with E-state index < -0.39 is 5.97 Å². The summed E-state index contributed by atoms with van der Waals surface area (Å²) in [7, 11) is 0. The van der Waals surface area contributed by atoms with Gasteiger partial charge in [0.1, 0.15) is 0 Å². The minimum atomic E-state index is -0.792. The number of carboxylic acids is 1. The number of aryl methyl sites for hydroxylation is 2. The first-order valence-corrected chi connectivity index (χ1v) is 8.70. The van der Waals surface area contributed by atoms with Crippen molar-refractivity contribution in [2.75, 3.05) is 18.4 Å². The number of rotatable bonds is 4. The average Bonchev–Trinajstić information content (AvgIpc) is 3.12. The van der Waals surface area contributed by atoms with Crippen LogP contribution in [0.5, 0.6) is 0 Å². The third-order valence-corrected chi connectivity index (χ3v) is 4.64. The lowest BCUT2D eigenvalue weighted by molar-refractivity contribution is -0.143. The Bertz CT molecular complexity index is 809. The Kier molecular flexibility index (Phi) is 5.20. The van der Waals surface area contributed by atoms with Crippen LogP contribution in [-0.4, -0.2) is 45.2 Å². The molecule has 2 N–H and O–H groups in total. The second-order valence-corrected chi connectivity index (χ2v) is 6.43. The zero-order valence-corrected chi connectivity index (χ0v) is 14.9. The van der Waals surface area contributed by atoms with Crippen LogP contribution in [0.3, 0.4) is 0 Å². The number of nitrogens with one attached hydrogen (secondary N) is 1. The van der Waals surface area contributed by atoms with Crippen molar-refractivity contribution in [2.24, 2.45) is 5.92 Å². The Labute approximate surface area is 151 Å². The molecule has 1 saturated heterocycles. The molecule has 0 unspecified atom stereocenters. The monoisotopic (exact) mass is 358 g/mol. The van der Waals surface area contributed by atoms with E-state index >= 15 is 0 Å². The smallest absolute Gasteiger partial charge is 0.321 e. The zero-order chi connectivity index (χ0) is 18.7. The van der Waals surface area contributed by atoms with E-state index in [0.29, 0.717) is 49.8 Å². The van der Waals surface area contributed by atoms with Crippen LogP contribution in [0.1, 0.15) is 31.2 Å². The van der Waals surface area contributed by atoms with Crippen molar-refractivity contribution >= 4 is 17.7 Å². The number of anilines is 1. The molecule has 26 heavy (non-hydrogen) atoms. The summed E-state index contributed by atoms with van der Waals surface area (Å²) < 4.78 is 5.25. The van der Waals surface area contributed by atoms with Gasteiger partial charge in [0, 0.05) is 30.8 Å². The Hall–Kier alpha value is -2.90. The van der Waals surface area contributed by atoms with Crippen LogP contribution in [0.2, 0.25) is 0 Å². The van der Waals surface area contributed by atoms with Gasteiger partial charge in [-0.2, -0.15) is 4.98 Å². The zero-order valence-electron chi connectivity index (χ0n) is 14.9. The van der Waals surface area contributed by atoms with Gasteiger partial charge in [-0.15, -0.1) is 0 Å². The van der Waals surface area contributed by atoms with Crippen molar-refractivity contribution in [1.29, 1.82) is 0 Å². The fraction of sp³-hybridized carbons (Fsp3) is 0.444. The largest absolute Gasteiger partial charge is 0.481 e. The van der Waals surface area contributed by atoms with E-state index in [9.17, 15) is 9.59 Å². The molecule has 1 aliphatic rings. The number of likely N-dealkylation sites (tertiary alicyclic amines) is 1. The van der Waals surface area contributed by atoms with Gasteiger partial charge in [0.05, 0.1) is 5.92 Å². The van der Waals surface area contributed by atoms with Gasteiger partial charge >= 0.3 is 12.0 Å². The fourth-order valence-corrected chi connectivity index (χ4v) is 2.93. The summed E-state index contributed by atoms with van der Waals surface area (Å²) in [6, 6.07) is 5.34. The van der Waals surface area contributed by atoms with E-state index in [0.717, 1.165) is 11.1 Å². The third kappa shape index (κ3) is 3.84. The highest BCUT2D eigenvalue weighted by Gasteiger charge is 2.27. The maximum atomic E-state index is 12.5. The molecule has 0 bridgehead atoms. The normalized spacial score (nSPS) is 15.1. The third-order valence-electron chi connectivity index (χ3n) is 4.64. The summed E-state index contributed by atoms with van der Waals surface area (Å²) in [5.41, 5.74) is 2.32. The average molecular weight is 358 g/mol. The molecular formula is C18H22N4O4. The standard InChI is InChI=1S/C18H22N4O4/c1-3-15-20-16(26-21-15)13-5-4-11(2)14(10-13)19-18(25)22-8-6-12(7-9-22)17(23)24/h4-5,10,12H,3,6-9H2,1-2H3,(H,19,25)(H,23,24). The van der Waals surface area contributed by atoms with Crippen molar-refractivity contribution in [3.8, 4) is 11.5 Å². The number of nitrogens with zero attached hydrogens (tertiary/aromatic N) is 3. The molecule has 0 spiro atoms. The van der Waals surface area contributed by atoms with Crippen LogP contribution >= 0.6 is 0 Å². The maximum Gasteiger partial charge on any atom is 0.321 e. The van der Waals surface area contributed by atoms with Crippen LogP contribution in [0.25, 0.3) is 11.5 Å². The van der Waals surface area contributed by atoms with Crippen LogP contribution in [0.15, 0.2) is 22.7 Å². The first-order valence-electron chi connectivity index (χ1n) is 8.70. The SMILES string of the molecule is CCc1noc(-c2ccc(C)c(NC(=O)N3CCC(C(=O)O)CC3)c2)n1. The number of amides is 2. The number of urea groups is 1. The Balaban J connectivity index is 1.70. The van der Waals surface area contributed by atoms with Gasteiger partial charge in [0.15, 0.2) is 5.82 Å². The molecule has 1 aliphatic heterocycles. The van der Waals surface area contributed by atoms with Crippen molar-refractivity contribution in [2.45, 2.75) is 33.1 Å². The summed E-state index contributed by atoms with van der Waals surface area (Å²) in [6.07, 6.45) is 1.64. The molecule has 8 heteroatoms. The van der Waals surface area contributed by atoms with Crippen LogP contribution in [-0.2, 0) is 11.2 Å². The highest BCUT2D eigenvalue weighted by molar-refractivity contribution is 5.91. The molecule has 0 saturated carbocycles. The highest BCUT2D eigenvalue weighted by atomic mass is 16.5. The number of aromatic nitrogens is 2. The summed E-state index contributed by atoms with van der Waals surface area (Å²) in [4.78, 5) is 29.5. The van der Waals surface area contributed by atoms with Crippen molar-refractivity contribution < 1.29 is 19.2 Å². The number of benzene rings is 1. The molecule has 1 aromatic heterocycles. The maximum absolute atomic E-state index is 12.5. The van der Waals surface area contributed by atoms with Gasteiger partial charge in [-0.25, -0.2) is 4.79 Å². The van der Waals surface area contributed by atoms with Gasteiger partial charge in [0.2, 0.25) is 0 Å². The van der Waals surface area contributed by atoms with Crippen LogP contribution in [0.4, 0.5) is 10.5 Å². The molecule has 0 radical (unpaired) electrons. The van der Waals surface area contributed by atoms with Gasteiger partial charge in [0.25, 0.3) is 5.89 Å². The molecule has 2 heterocycles. The van der Waals surface area contributed by atoms with Gasteiger partial charge in [-0.3, -0.25) is 4.79 Å². The van der Waals surface area contributed by atoms with Crippen molar-refractivity contribution in [1.82, 2.24) is 15.0 Å². The minimum Gasteiger partial charge on any atom is -0.481 e. The lowest BCUT2D eigenvalue weighted by atomic mass is 9.97. The number of piperidine rings is 1. The molecule has 0 atom stereocenters. The predicted octanol–water partition coefficient (Wildman–Crippen LogP) is 2.94. The Morgan fingerprint density at radius 3 is 2.69 bits per heavy atom. The van der Waals surface area contributed by atoms with E-state index in [-0.39, 0.29) is 11.9 Å². The van der Waals surface area contributed by atoms with E-state index in [4.69, 9.17) is 9.63 Å². The fourth-order valence-electron chi connectivity index (χ4n) is 2.93. The van der Waals surface area contributed by atoms with E-state index in [2.05, 4.69) is 15.5 Å². The van der Waals surface area contributed by atoms with E-state index in [1.54, 1.807) is 4.90 Å². The summed E-state index contributed by atoms with van der Waals surface area (Å²) in [6.45, 7) is 4.72. The van der Waals surface area contributed by atoms with Crippen LogP contribution in [0, 0.1) is 12.8 Å². The lowest BCUT2D eigenvalue weighted by Crippen LogP contribution is -2.42. The summed E-state index contributed by atoms with van der Waals surface area (Å²) in [5, 5.41) is 15.8. The molecule has 2 aromatic rings. The van der Waals surface area contributed by atoms with Gasteiger partial charge < -0.3 is 19.8 Å². The minimum absolute atomic E-state index is 0.228. The molecular weight excluding hydrogens is 336 g/mol. The number of carbonyl (C=O) groups is 2.